The first-order chi connectivity index (χ1) is 12.3. The lowest BCUT2D eigenvalue weighted by molar-refractivity contribution is -0.117. The van der Waals surface area contributed by atoms with Crippen molar-refractivity contribution in [2.45, 2.75) is 12.8 Å². The number of carbonyl (C=O) groups excluding carboxylic acids is 1. The van der Waals surface area contributed by atoms with Gasteiger partial charge in [0.25, 0.3) is 0 Å². The fraction of sp³-hybridized carbons (Fsp3) is 0.263. The molecule has 25 heavy (non-hydrogen) atoms. The molecule has 0 atom stereocenters. The maximum Gasteiger partial charge on any atom is 0.239 e. The Kier molecular flexibility index (Phi) is 4.35. The van der Waals surface area contributed by atoms with Gasteiger partial charge in [0.2, 0.25) is 5.91 Å². The van der Waals surface area contributed by atoms with E-state index in [0.29, 0.717) is 12.4 Å². The van der Waals surface area contributed by atoms with Crippen molar-refractivity contribution in [2.75, 3.05) is 25.0 Å². The lowest BCUT2D eigenvalue weighted by Crippen LogP contribution is -2.31. The maximum atomic E-state index is 12.2. The molecule has 1 saturated heterocycles. The highest BCUT2D eigenvalue weighted by atomic mass is 16.2. The van der Waals surface area contributed by atoms with E-state index in [9.17, 15) is 4.79 Å². The molecule has 1 amide bonds. The number of hydrogen-bond acceptors (Lipinski definition) is 5. The number of amides is 1. The van der Waals surface area contributed by atoms with Gasteiger partial charge in [0.1, 0.15) is 5.82 Å². The zero-order chi connectivity index (χ0) is 17.1. The molecule has 1 aliphatic rings. The summed E-state index contributed by atoms with van der Waals surface area (Å²) in [4.78, 5) is 27.3. The number of anilines is 1. The molecule has 126 valence electrons. The number of fused-ring (bicyclic) bond motifs is 1. The van der Waals surface area contributed by atoms with Gasteiger partial charge in [-0.05, 0) is 55.6 Å². The van der Waals surface area contributed by atoms with Gasteiger partial charge in [-0.15, -0.1) is 0 Å². The molecular weight excluding hydrogens is 314 g/mol. The first-order valence-corrected chi connectivity index (χ1v) is 8.46. The van der Waals surface area contributed by atoms with Gasteiger partial charge in [-0.3, -0.25) is 19.7 Å². The number of hydrogen-bond donors (Lipinski definition) is 1. The van der Waals surface area contributed by atoms with Crippen molar-refractivity contribution in [2.24, 2.45) is 0 Å². The molecule has 1 N–H and O–H groups in total. The monoisotopic (exact) mass is 333 g/mol. The summed E-state index contributed by atoms with van der Waals surface area (Å²) in [6, 6.07) is 7.74. The number of aromatic nitrogens is 3. The van der Waals surface area contributed by atoms with Gasteiger partial charge in [-0.1, -0.05) is 0 Å². The lowest BCUT2D eigenvalue weighted by Gasteiger charge is -2.14. The molecule has 6 nitrogen and oxygen atoms in total. The minimum atomic E-state index is -0.0183. The van der Waals surface area contributed by atoms with E-state index in [2.05, 4.69) is 25.2 Å². The smallest absolute Gasteiger partial charge is 0.239 e. The third kappa shape index (κ3) is 3.64. The van der Waals surface area contributed by atoms with Crippen LogP contribution in [-0.2, 0) is 4.79 Å². The van der Waals surface area contributed by atoms with Crippen molar-refractivity contribution in [3.05, 3.63) is 49.1 Å². The molecule has 0 saturated carbocycles. The maximum absolute atomic E-state index is 12.2. The molecule has 0 radical (unpaired) electrons. The van der Waals surface area contributed by atoms with Gasteiger partial charge in [0, 0.05) is 35.7 Å². The van der Waals surface area contributed by atoms with Crippen molar-refractivity contribution < 1.29 is 4.79 Å². The number of carbonyl (C=O) groups is 1. The minimum Gasteiger partial charge on any atom is -0.310 e. The van der Waals surface area contributed by atoms with E-state index >= 15 is 0 Å². The van der Waals surface area contributed by atoms with Crippen LogP contribution in [0.1, 0.15) is 12.8 Å². The quantitative estimate of drug-likeness (QED) is 0.795. The van der Waals surface area contributed by atoms with E-state index in [-0.39, 0.29) is 5.91 Å². The van der Waals surface area contributed by atoms with Crippen LogP contribution in [0.15, 0.2) is 49.1 Å². The van der Waals surface area contributed by atoms with E-state index < -0.39 is 0 Å². The summed E-state index contributed by atoms with van der Waals surface area (Å²) in [6.45, 7) is 2.43. The number of pyridine rings is 3. The van der Waals surface area contributed by atoms with Crippen LogP contribution in [0.25, 0.3) is 22.0 Å². The fourth-order valence-electron chi connectivity index (χ4n) is 3.10. The Labute approximate surface area is 145 Å². The molecular formula is C19H19N5O. The Morgan fingerprint density at radius 1 is 1.08 bits per heavy atom. The molecule has 1 fully saturated rings. The fourth-order valence-corrected chi connectivity index (χ4v) is 3.10. The third-order valence-electron chi connectivity index (χ3n) is 4.39. The summed E-state index contributed by atoms with van der Waals surface area (Å²) in [5, 5.41) is 4.82. The van der Waals surface area contributed by atoms with Crippen molar-refractivity contribution in [1.82, 2.24) is 19.9 Å². The minimum absolute atomic E-state index is 0.0183. The van der Waals surface area contributed by atoms with Gasteiger partial charge >= 0.3 is 0 Å². The molecule has 0 bridgehead atoms. The Morgan fingerprint density at radius 2 is 1.92 bits per heavy atom. The average molecular weight is 333 g/mol. The largest absolute Gasteiger partial charge is 0.310 e. The Bertz CT molecular complexity index is 891. The summed E-state index contributed by atoms with van der Waals surface area (Å²) in [5.41, 5.74) is 1.81. The lowest BCUT2D eigenvalue weighted by atomic mass is 10.1. The molecule has 0 unspecified atom stereocenters. The second kappa shape index (κ2) is 6.94. The highest BCUT2D eigenvalue weighted by Gasteiger charge is 2.15. The molecule has 3 aromatic rings. The molecule has 6 heteroatoms. The van der Waals surface area contributed by atoms with Crippen LogP contribution >= 0.6 is 0 Å². The second-order valence-corrected chi connectivity index (χ2v) is 6.26. The van der Waals surface area contributed by atoms with Gasteiger partial charge in [0.05, 0.1) is 12.2 Å². The van der Waals surface area contributed by atoms with E-state index in [1.165, 1.54) is 12.8 Å². The van der Waals surface area contributed by atoms with Crippen LogP contribution in [0.3, 0.4) is 0 Å². The van der Waals surface area contributed by atoms with Crippen LogP contribution in [0.4, 0.5) is 5.82 Å². The molecule has 0 spiro atoms. The van der Waals surface area contributed by atoms with Crippen molar-refractivity contribution in [3.63, 3.8) is 0 Å². The number of nitrogens with zero attached hydrogens (tertiary/aromatic N) is 4. The van der Waals surface area contributed by atoms with Crippen LogP contribution in [0.2, 0.25) is 0 Å². The molecule has 1 aliphatic heterocycles. The SMILES string of the molecule is O=C(CN1CCCC1)Nc1cc2cc(-c3cccnc3)ncc2cn1. The molecule has 4 heterocycles. The molecule has 3 aromatic heterocycles. The topological polar surface area (TPSA) is 71.0 Å². The predicted octanol–water partition coefficient (Wildman–Crippen LogP) is 2.73. The first kappa shape index (κ1) is 15.7. The summed E-state index contributed by atoms with van der Waals surface area (Å²) >= 11 is 0. The second-order valence-electron chi connectivity index (χ2n) is 6.26. The standard InChI is InChI=1S/C19H19N5O/c25-19(13-24-6-1-2-7-24)23-18-9-15-8-17(14-4-3-5-20-10-14)21-11-16(15)12-22-18/h3-5,8-12H,1-2,6-7,13H2,(H,22,23,25). The van der Waals surface area contributed by atoms with Gasteiger partial charge in [-0.25, -0.2) is 4.98 Å². The predicted molar refractivity (Wildman–Crippen MR) is 97.1 cm³/mol. The van der Waals surface area contributed by atoms with Crippen molar-refractivity contribution >= 4 is 22.5 Å². The van der Waals surface area contributed by atoms with Crippen LogP contribution < -0.4 is 5.32 Å². The first-order valence-electron chi connectivity index (χ1n) is 8.46. The average Bonchev–Trinajstić information content (AvgIpc) is 3.14. The zero-order valence-corrected chi connectivity index (χ0v) is 13.9. The number of likely N-dealkylation sites (tertiary alicyclic amines) is 1. The van der Waals surface area contributed by atoms with Crippen LogP contribution in [-0.4, -0.2) is 45.4 Å². The Hall–Kier alpha value is -2.86. The van der Waals surface area contributed by atoms with Crippen LogP contribution in [0, 0.1) is 0 Å². The molecule has 0 aromatic carbocycles. The normalized spacial score (nSPS) is 14.7. The van der Waals surface area contributed by atoms with E-state index in [4.69, 9.17) is 0 Å². The van der Waals surface area contributed by atoms with Gasteiger partial charge in [0.15, 0.2) is 0 Å². The van der Waals surface area contributed by atoms with E-state index in [1.54, 1.807) is 24.8 Å². The third-order valence-corrected chi connectivity index (χ3v) is 4.39. The Morgan fingerprint density at radius 3 is 2.72 bits per heavy atom. The number of rotatable bonds is 4. The molecule has 0 aliphatic carbocycles. The molecule has 4 rings (SSSR count). The zero-order valence-electron chi connectivity index (χ0n) is 13.9. The highest BCUT2D eigenvalue weighted by Crippen LogP contribution is 2.22. The van der Waals surface area contributed by atoms with E-state index in [1.807, 2.05) is 24.3 Å². The van der Waals surface area contributed by atoms with Crippen LogP contribution in [0.5, 0.6) is 0 Å². The van der Waals surface area contributed by atoms with Crippen molar-refractivity contribution in [3.8, 4) is 11.3 Å². The summed E-state index contributed by atoms with van der Waals surface area (Å²) in [5.74, 6) is 0.551. The Balaban J connectivity index is 1.55. The summed E-state index contributed by atoms with van der Waals surface area (Å²) in [7, 11) is 0. The highest BCUT2D eigenvalue weighted by molar-refractivity contribution is 5.94. The number of nitrogens with one attached hydrogen (secondary N) is 1. The van der Waals surface area contributed by atoms with Gasteiger partial charge in [-0.2, -0.15) is 0 Å². The summed E-state index contributed by atoms with van der Waals surface area (Å²) < 4.78 is 0. The van der Waals surface area contributed by atoms with Crippen molar-refractivity contribution in [1.29, 1.82) is 0 Å². The summed E-state index contributed by atoms with van der Waals surface area (Å²) in [6.07, 6.45) is 9.40. The van der Waals surface area contributed by atoms with E-state index in [0.717, 1.165) is 35.1 Å². The van der Waals surface area contributed by atoms with Gasteiger partial charge < -0.3 is 5.32 Å².